The van der Waals surface area contributed by atoms with Crippen LogP contribution in [0.25, 0.3) is 0 Å². The quantitative estimate of drug-likeness (QED) is 0.466. The van der Waals surface area contributed by atoms with E-state index in [0.29, 0.717) is 18.9 Å². The molecule has 0 unspecified atom stereocenters. The van der Waals surface area contributed by atoms with Crippen molar-refractivity contribution in [3.63, 3.8) is 0 Å². The van der Waals surface area contributed by atoms with E-state index in [-0.39, 0.29) is 17.5 Å². The second-order valence-electron chi connectivity index (χ2n) is 8.70. The van der Waals surface area contributed by atoms with E-state index >= 15 is 0 Å². The molecule has 0 amide bonds. The lowest BCUT2D eigenvalue weighted by molar-refractivity contribution is 0.305. The summed E-state index contributed by atoms with van der Waals surface area (Å²) < 4.78 is 19.7. The summed E-state index contributed by atoms with van der Waals surface area (Å²) in [4.78, 5) is 0. The van der Waals surface area contributed by atoms with Gasteiger partial charge in [0.15, 0.2) is 0 Å². The largest absolute Gasteiger partial charge is 0.508 e. The Bertz CT molecular complexity index is 1150. The number of fused-ring (bicyclic) bond motifs is 1. The molecule has 0 radical (unpaired) electrons. The van der Waals surface area contributed by atoms with Crippen molar-refractivity contribution in [2.45, 2.75) is 38.2 Å². The molecular formula is C29H27FO2. The monoisotopic (exact) mass is 426 g/mol. The summed E-state index contributed by atoms with van der Waals surface area (Å²) >= 11 is 0. The average molecular weight is 427 g/mol. The van der Waals surface area contributed by atoms with Gasteiger partial charge >= 0.3 is 0 Å². The Balaban J connectivity index is 1.46. The molecule has 3 aromatic rings. The molecule has 3 aromatic carbocycles. The first-order valence-corrected chi connectivity index (χ1v) is 11.3. The highest BCUT2D eigenvalue weighted by molar-refractivity contribution is 5.47. The van der Waals surface area contributed by atoms with Crippen LogP contribution in [0.2, 0.25) is 0 Å². The predicted molar refractivity (Wildman–Crippen MR) is 125 cm³/mol. The Morgan fingerprint density at radius 1 is 0.875 bits per heavy atom. The Morgan fingerprint density at radius 2 is 1.69 bits per heavy atom. The maximum Gasteiger partial charge on any atom is 0.120 e. The van der Waals surface area contributed by atoms with E-state index in [4.69, 9.17) is 4.74 Å². The molecule has 32 heavy (non-hydrogen) atoms. The van der Waals surface area contributed by atoms with Crippen molar-refractivity contribution in [3.05, 3.63) is 119 Å². The zero-order valence-corrected chi connectivity index (χ0v) is 18.0. The summed E-state index contributed by atoms with van der Waals surface area (Å²) in [6.07, 6.45) is 6.86. The molecule has 5 rings (SSSR count). The van der Waals surface area contributed by atoms with E-state index in [1.807, 2.05) is 36.4 Å². The summed E-state index contributed by atoms with van der Waals surface area (Å²) in [7, 11) is 0. The minimum Gasteiger partial charge on any atom is -0.508 e. The SMILES string of the molecule is Oc1ccc([C@@H]2c3ccc(OCc4ccccc4)cc3CC[C@@H]2C2=CC=C(F)CC2)cc1. The molecule has 2 atom stereocenters. The molecule has 0 fully saturated rings. The molecule has 2 aliphatic carbocycles. The standard InChI is InChI=1S/C29H27FO2/c30-24-11-6-21(7-12-24)27-16-10-23-18-26(32-19-20-4-2-1-3-5-20)15-17-28(23)29(27)22-8-13-25(31)14-9-22/h1-6,8-9,11,13-15,17-18,27,29,31H,7,10,12,16,19H2/t27-,29+/m1/s1. The molecule has 1 N–H and O–H groups in total. The van der Waals surface area contributed by atoms with Gasteiger partial charge < -0.3 is 9.84 Å². The topological polar surface area (TPSA) is 29.5 Å². The van der Waals surface area contributed by atoms with Crippen molar-refractivity contribution in [2.24, 2.45) is 5.92 Å². The van der Waals surface area contributed by atoms with Gasteiger partial charge in [-0.25, -0.2) is 4.39 Å². The Labute approximate surface area is 188 Å². The number of benzene rings is 3. The van der Waals surface area contributed by atoms with Gasteiger partial charge in [0.2, 0.25) is 0 Å². The Hall–Kier alpha value is -3.33. The van der Waals surface area contributed by atoms with E-state index < -0.39 is 0 Å². The number of hydrogen-bond donors (Lipinski definition) is 1. The van der Waals surface area contributed by atoms with Crippen molar-refractivity contribution in [3.8, 4) is 11.5 Å². The minimum atomic E-state index is -0.0358. The Kier molecular flexibility index (Phi) is 5.81. The molecule has 0 saturated carbocycles. The first-order valence-electron chi connectivity index (χ1n) is 11.3. The number of halogens is 1. The van der Waals surface area contributed by atoms with Crippen molar-refractivity contribution in [2.75, 3.05) is 0 Å². The highest BCUT2D eigenvalue weighted by Crippen LogP contribution is 2.47. The van der Waals surface area contributed by atoms with Crippen LogP contribution in [0.4, 0.5) is 4.39 Å². The summed E-state index contributed by atoms with van der Waals surface area (Å²) in [6, 6.07) is 24.2. The Morgan fingerprint density at radius 3 is 2.44 bits per heavy atom. The molecule has 3 heteroatoms. The molecule has 2 aliphatic rings. The molecular weight excluding hydrogens is 399 g/mol. The van der Waals surface area contributed by atoms with Gasteiger partial charge in [-0.15, -0.1) is 0 Å². The van der Waals surface area contributed by atoms with Crippen LogP contribution in [0.15, 0.2) is 96.3 Å². The maximum absolute atomic E-state index is 13.6. The van der Waals surface area contributed by atoms with Gasteiger partial charge in [0, 0.05) is 12.3 Å². The zero-order valence-electron chi connectivity index (χ0n) is 18.0. The molecule has 0 aromatic heterocycles. The van der Waals surface area contributed by atoms with Crippen LogP contribution in [-0.2, 0) is 13.0 Å². The lowest BCUT2D eigenvalue weighted by Gasteiger charge is -2.36. The lowest BCUT2D eigenvalue weighted by atomic mass is 9.68. The molecule has 0 saturated heterocycles. The molecule has 0 heterocycles. The van der Waals surface area contributed by atoms with Crippen molar-refractivity contribution in [1.82, 2.24) is 0 Å². The zero-order chi connectivity index (χ0) is 21.9. The number of rotatable bonds is 5. The predicted octanol–water partition coefficient (Wildman–Crippen LogP) is 7.24. The lowest BCUT2D eigenvalue weighted by Crippen LogP contribution is -2.24. The van der Waals surface area contributed by atoms with Crippen LogP contribution < -0.4 is 4.74 Å². The molecule has 0 spiro atoms. The molecule has 0 bridgehead atoms. The summed E-state index contributed by atoms with van der Waals surface area (Å²) in [5.74, 6) is 1.63. The first-order chi connectivity index (χ1) is 15.7. The van der Waals surface area contributed by atoms with E-state index in [2.05, 4.69) is 30.3 Å². The third-order valence-corrected chi connectivity index (χ3v) is 6.68. The van der Waals surface area contributed by atoms with Gasteiger partial charge in [0.05, 0.1) is 0 Å². The van der Waals surface area contributed by atoms with Gasteiger partial charge in [0.25, 0.3) is 0 Å². The van der Waals surface area contributed by atoms with Crippen LogP contribution in [0.3, 0.4) is 0 Å². The van der Waals surface area contributed by atoms with Crippen LogP contribution in [-0.4, -0.2) is 5.11 Å². The average Bonchev–Trinajstić information content (AvgIpc) is 2.84. The number of aromatic hydroxyl groups is 1. The fourth-order valence-electron chi connectivity index (χ4n) is 5.06. The number of hydrogen-bond acceptors (Lipinski definition) is 2. The highest BCUT2D eigenvalue weighted by Gasteiger charge is 2.33. The van der Waals surface area contributed by atoms with Crippen molar-refractivity contribution < 1.29 is 14.2 Å². The van der Waals surface area contributed by atoms with Gasteiger partial charge in [-0.05, 0) is 77.8 Å². The van der Waals surface area contributed by atoms with Gasteiger partial charge in [0.1, 0.15) is 23.9 Å². The smallest absolute Gasteiger partial charge is 0.120 e. The van der Waals surface area contributed by atoms with E-state index in [1.54, 1.807) is 18.2 Å². The van der Waals surface area contributed by atoms with Crippen LogP contribution >= 0.6 is 0 Å². The fraction of sp³-hybridized carbons (Fsp3) is 0.241. The normalized spacial score (nSPS) is 20.2. The number of ether oxygens (including phenoxy) is 1. The van der Waals surface area contributed by atoms with Crippen LogP contribution in [0.5, 0.6) is 11.5 Å². The van der Waals surface area contributed by atoms with E-state index in [0.717, 1.165) is 30.6 Å². The number of phenols is 1. The van der Waals surface area contributed by atoms with Crippen LogP contribution in [0, 0.1) is 5.92 Å². The third kappa shape index (κ3) is 4.34. The molecule has 0 aliphatic heterocycles. The number of allylic oxidation sites excluding steroid dienone is 4. The summed E-state index contributed by atoms with van der Waals surface area (Å²) in [5.41, 5.74) is 6.26. The minimum absolute atomic E-state index is 0.0358. The third-order valence-electron chi connectivity index (χ3n) is 6.68. The fourth-order valence-corrected chi connectivity index (χ4v) is 5.06. The second-order valence-corrected chi connectivity index (χ2v) is 8.70. The van der Waals surface area contributed by atoms with E-state index in [9.17, 15) is 9.50 Å². The molecule has 2 nitrogen and oxygen atoms in total. The first kappa shape index (κ1) is 20.6. The van der Waals surface area contributed by atoms with Gasteiger partial charge in [-0.2, -0.15) is 0 Å². The summed E-state index contributed by atoms with van der Waals surface area (Å²) in [5, 5.41) is 9.81. The van der Waals surface area contributed by atoms with Crippen molar-refractivity contribution >= 4 is 0 Å². The number of aryl methyl sites for hydroxylation is 1. The van der Waals surface area contributed by atoms with Gasteiger partial charge in [-0.1, -0.05) is 60.2 Å². The maximum atomic E-state index is 13.6. The highest BCUT2D eigenvalue weighted by atomic mass is 19.1. The van der Waals surface area contributed by atoms with Crippen molar-refractivity contribution in [1.29, 1.82) is 0 Å². The molecule has 162 valence electrons. The second kappa shape index (κ2) is 9.04. The number of phenolic OH excluding ortho intramolecular Hbond substituents is 1. The van der Waals surface area contributed by atoms with Gasteiger partial charge in [-0.3, -0.25) is 0 Å². The summed E-state index contributed by atoms with van der Waals surface area (Å²) in [6.45, 7) is 0.550. The van der Waals surface area contributed by atoms with E-state index in [1.165, 1.54) is 22.3 Å². The van der Waals surface area contributed by atoms with Crippen LogP contribution in [0.1, 0.15) is 47.4 Å².